The van der Waals surface area contributed by atoms with Crippen LogP contribution in [0.3, 0.4) is 0 Å². The molecule has 2 heterocycles. The third-order valence-corrected chi connectivity index (χ3v) is 4.90. The molecule has 0 unspecified atom stereocenters. The Morgan fingerprint density at radius 2 is 1.95 bits per heavy atom. The Kier molecular flexibility index (Phi) is 4.40. The van der Waals surface area contributed by atoms with E-state index in [4.69, 9.17) is 4.74 Å². The van der Waals surface area contributed by atoms with E-state index in [9.17, 15) is 4.79 Å². The van der Waals surface area contributed by atoms with Crippen LogP contribution in [0.5, 0.6) is 0 Å². The number of aromatic nitrogens is 2. The molecule has 0 radical (unpaired) electrons. The molecule has 0 bridgehead atoms. The molecule has 0 aliphatic rings. The summed E-state index contributed by atoms with van der Waals surface area (Å²) < 4.78 is 7.33. The lowest BCUT2D eigenvalue weighted by atomic mass is 10.3. The molecule has 0 aromatic carbocycles. The van der Waals surface area contributed by atoms with E-state index in [2.05, 4.69) is 24.6 Å². The van der Waals surface area contributed by atoms with Crippen molar-refractivity contribution in [3.63, 3.8) is 0 Å². The number of pyridine rings is 2. The Bertz CT molecular complexity index is 659. The van der Waals surface area contributed by atoms with Gasteiger partial charge in [-0.15, -0.1) is 0 Å². The fourth-order valence-corrected chi connectivity index (χ4v) is 2.70. The molecule has 0 aliphatic heterocycles. The highest BCUT2D eigenvalue weighted by molar-refractivity contribution is 6.76. The van der Waals surface area contributed by atoms with E-state index < -0.39 is 8.07 Å². The van der Waals surface area contributed by atoms with E-state index in [-0.39, 0.29) is 5.56 Å². The summed E-state index contributed by atoms with van der Waals surface area (Å²) in [5.41, 5.74) is 2.56. The van der Waals surface area contributed by atoms with Crippen molar-refractivity contribution in [2.75, 3.05) is 6.61 Å². The van der Waals surface area contributed by atoms with E-state index in [0.29, 0.717) is 13.3 Å². The highest BCUT2D eigenvalue weighted by atomic mass is 28.3. The van der Waals surface area contributed by atoms with Crippen molar-refractivity contribution in [3.8, 4) is 0 Å². The van der Waals surface area contributed by atoms with Gasteiger partial charge in [0.25, 0.3) is 5.56 Å². The zero-order chi connectivity index (χ0) is 14.8. The molecule has 0 amide bonds. The van der Waals surface area contributed by atoms with Crippen LogP contribution in [0.1, 0.15) is 5.69 Å². The molecular weight excluding hydrogens is 268 g/mol. The fourth-order valence-electron chi connectivity index (χ4n) is 1.95. The van der Waals surface area contributed by atoms with Gasteiger partial charge in [0, 0.05) is 26.4 Å². The first-order valence-electron chi connectivity index (χ1n) is 6.92. The summed E-state index contributed by atoms with van der Waals surface area (Å²) in [7, 11) is -1.09. The largest absolute Gasteiger partial charge is 0.361 e. The van der Waals surface area contributed by atoms with E-state index in [1.54, 1.807) is 16.7 Å². The van der Waals surface area contributed by atoms with Gasteiger partial charge in [-0.3, -0.25) is 14.3 Å². The lowest BCUT2D eigenvalue weighted by Crippen LogP contribution is -2.24. The first kappa shape index (κ1) is 14.9. The second-order valence-corrected chi connectivity index (χ2v) is 11.9. The number of ether oxygens (including phenoxy) is 1. The summed E-state index contributed by atoms with van der Waals surface area (Å²) in [6.45, 7) is 9.88. The van der Waals surface area contributed by atoms with Gasteiger partial charge < -0.3 is 4.74 Å². The Labute approximate surface area is 120 Å². The second-order valence-electron chi connectivity index (χ2n) is 6.30. The first-order chi connectivity index (χ1) is 9.37. The van der Waals surface area contributed by atoms with E-state index in [1.807, 2.05) is 19.1 Å². The fraction of sp³-hybridized carbons (Fsp3) is 0.467. The maximum absolute atomic E-state index is 12.0. The summed E-state index contributed by atoms with van der Waals surface area (Å²) in [6, 6.07) is 8.27. The van der Waals surface area contributed by atoms with Gasteiger partial charge in [0.15, 0.2) is 0 Å². The van der Waals surface area contributed by atoms with Crippen molar-refractivity contribution in [1.82, 2.24) is 9.55 Å². The number of aryl methyl sites for hydroxylation is 1. The molecule has 0 saturated heterocycles. The van der Waals surface area contributed by atoms with Crippen LogP contribution in [0.2, 0.25) is 25.7 Å². The minimum atomic E-state index is -1.09. The van der Waals surface area contributed by atoms with Crippen LogP contribution in [0.4, 0.5) is 0 Å². The zero-order valence-corrected chi connectivity index (χ0v) is 13.6. The van der Waals surface area contributed by atoms with Crippen LogP contribution >= 0.6 is 0 Å². The summed E-state index contributed by atoms with van der Waals surface area (Å²) in [5, 5.41) is 0. The first-order valence-corrected chi connectivity index (χ1v) is 10.6. The molecule has 20 heavy (non-hydrogen) atoms. The molecule has 2 aromatic rings. The van der Waals surface area contributed by atoms with E-state index in [0.717, 1.165) is 22.8 Å². The molecule has 2 aromatic heterocycles. The Morgan fingerprint density at radius 3 is 2.65 bits per heavy atom. The molecule has 2 rings (SSSR count). The van der Waals surface area contributed by atoms with Crippen molar-refractivity contribution >= 4 is 19.1 Å². The van der Waals surface area contributed by atoms with Gasteiger partial charge in [0.1, 0.15) is 6.73 Å². The number of rotatable bonds is 5. The molecule has 108 valence electrons. The number of fused-ring (bicyclic) bond motifs is 1. The molecule has 0 fully saturated rings. The monoisotopic (exact) mass is 290 g/mol. The van der Waals surface area contributed by atoms with Crippen molar-refractivity contribution in [1.29, 1.82) is 0 Å². The van der Waals surface area contributed by atoms with Gasteiger partial charge in [-0.25, -0.2) is 0 Å². The van der Waals surface area contributed by atoms with Gasteiger partial charge in [-0.1, -0.05) is 19.6 Å². The predicted octanol–water partition coefficient (Wildman–Crippen LogP) is 3.02. The molecule has 0 atom stereocenters. The van der Waals surface area contributed by atoms with Gasteiger partial charge >= 0.3 is 0 Å². The number of hydrogen-bond acceptors (Lipinski definition) is 3. The summed E-state index contributed by atoms with van der Waals surface area (Å²) >= 11 is 0. The quantitative estimate of drug-likeness (QED) is 0.628. The topological polar surface area (TPSA) is 44.1 Å². The van der Waals surface area contributed by atoms with Crippen molar-refractivity contribution in [2.45, 2.75) is 39.3 Å². The SMILES string of the molecule is Cc1ccc2c(ccc(=O)n2COCC[Si](C)(C)C)n1. The third-order valence-electron chi connectivity index (χ3n) is 3.20. The molecule has 4 nitrogen and oxygen atoms in total. The number of nitrogens with zero attached hydrogens (tertiary/aromatic N) is 2. The van der Waals surface area contributed by atoms with Crippen LogP contribution in [-0.4, -0.2) is 24.2 Å². The molecule has 5 heteroatoms. The van der Waals surface area contributed by atoms with Crippen molar-refractivity contribution < 1.29 is 4.74 Å². The Morgan fingerprint density at radius 1 is 1.20 bits per heavy atom. The highest BCUT2D eigenvalue weighted by Crippen LogP contribution is 2.11. The minimum absolute atomic E-state index is 0.0452. The average molecular weight is 290 g/mol. The molecule has 0 aliphatic carbocycles. The lowest BCUT2D eigenvalue weighted by Gasteiger charge is -2.16. The van der Waals surface area contributed by atoms with Crippen LogP contribution in [0, 0.1) is 6.92 Å². The third kappa shape index (κ3) is 3.77. The highest BCUT2D eigenvalue weighted by Gasteiger charge is 2.12. The Balaban J connectivity index is 2.17. The molecule has 0 saturated carbocycles. The maximum Gasteiger partial charge on any atom is 0.253 e. The van der Waals surface area contributed by atoms with Crippen LogP contribution in [0.25, 0.3) is 11.0 Å². The summed E-state index contributed by atoms with van der Waals surface area (Å²) in [4.78, 5) is 16.4. The zero-order valence-electron chi connectivity index (χ0n) is 12.6. The van der Waals surface area contributed by atoms with Gasteiger partial charge in [-0.2, -0.15) is 0 Å². The van der Waals surface area contributed by atoms with Crippen LogP contribution in [0.15, 0.2) is 29.1 Å². The molecule has 0 spiro atoms. The van der Waals surface area contributed by atoms with Crippen LogP contribution < -0.4 is 5.56 Å². The Hall–Kier alpha value is -1.46. The number of hydrogen-bond donors (Lipinski definition) is 0. The minimum Gasteiger partial charge on any atom is -0.361 e. The van der Waals surface area contributed by atoms with Gasteiger partial charge in [0.05, 0.1) is 11.0 Å². The second kappa shape index (κ2) is 5.89. The maximum atomic E-state index is 12.0. The smallest absolute Gasteiger partial charge is 0.253 e. The molecule has 0 N–H and O–H groups in total. The standard InChI is InChI=1S/C15H22N2O2Si/c1-12-5-7-14-13(16-12)6-8-15(18)17(14)11-19-9-10-20(2,3)4/h5-8H,9-11H2,1-4H3. The summed E-state index contributed by atoms with van der Waals surface area (Å²) in [6.07, 6.45) is 0. The van der Waals surface area contributed by atoms with Crippen molar-refractivity contribution in [3.05, 3.63) is 40.3 Å². The van der Waals surface area contributed by atoms with E-state index in [1.165, 1.54) is 0 Å². The molecular formula is C15H22N2O2Si. The summed E-state index contributed by atoms with van der Waals surface area (Å²) in [5.74, 6) is 0. The van der Waals surface area contributed by atoms with E-state index >= 15 is 0 Å². The average Bonchev–Trinajstić information content (AvgIpc) is 2.35. The van der Waals surface area contributed by atoms with Gasteiger partial charge in [0.2, 0.25) is 0 Å². The van der Waals surface area contributed by atoms with Crippen molar-refractivity contribution in [2.24, 2.45) is 0 Å². The lowest BCUT2D eigenvalue weighted by molar-refractivity contribution is 0.0878. The normalized spacial score (nSPS) is 12.0. The van der Waals surface area contributed by atoms with Gasteiger partial charge in [-0.05, 0) is 31.2 Å². The van der Waals surface area contributed by atoms with Crippen LogP contribution in [-0.2, 0) is 11.5 Å². The predicted molar refractivity (Wildman–Crippen MR) is 84.8 cm³/mol.